The van der Waals surface area contributed by atoms with Gasteiger partial charge in [-0.05, 0) is 29.7 Å². The van der Waals surface area contributed by atoms with Crippen molar-refractivity contribution < 1.29 is 4.79 Å². The number of anilines is 1. The van der Waals surface area contributed by atoms with Crippen LogP contribution >= 0.6 is 0 Å². The Morgan fingerprint density at radius 3 is 2.33 bits per heavy atom. The third-order valence-corrected chi connectivity index (χ3v) is 4.50. The molecule has 0 aliphatic carbocycles. The fourth-order valence-electron chi connectivity index (χ4n) is 3.15. The van der Waals surface area contributed by atoms with Crippen LogP contribution in [-0.4, -0.2) is 17.3 Å². The predicted octanol–water partition coefficient (Wildman–Crippen LogP) is 3.88. The van der Waals surface area contributed by atoms with Gasteiger partial charge in [-0.1, -0.05) is 54.6 Å². The molecule has 2 aromatic carbocycles. The number of pyridine rings is 1. The average Bonchev–Trinajstić information content (AvgIpc) is 2.68. The summed E-state index contributed by atoms with van der Waals surface area (Å²) in [7, 11) is 0. The van der Waals surface area contributed by atoms with Crippen LogP contribution in [0, 0.1) is 0 Å². The maximum absolute atomic E-state index is 12.4. The molecule has 0 fully saturated rings. The lowest BCUT2D eigenvalue weighted by atomic mass is 10.00. The lowest BCUT2D eigenvalue weighted by Gasteiger charge is -2.29. The Morgan fingerprint density at radius 2 is 1.58 bits per heavy atom. The van der Waals surface area contributed by atoms with Crippen molar-refractivity contribution >= 4 is 11.6 Å². The molecule has 1 aliphatic rings. The molecular weight excluding hydrogens is 296 g/mol. The largest absolute Gasteiger partial charge is 0.352 e. The van der Waals surface area contributed by atoms with Gasteiger partial charge in [0.15, 0.2) is 5.78 Å². The summed E-state index contributed by atoms with van der Waals surface area (Å²) in [5.74, 6) is 0.938. The van der Waals surface area contributed by atoms with Gasteiger partial charge in [0.05, 0.1) is 0 Å². The van der Waals surface area contributed by atoms with Crippen LogP contribution in [0.5, 0.6) is 0 Å². The summed E-state index contributed by atoms with van der Waals surface area (Å²) in [5, 5.41) is 0. The smallest absolute Gasteiger partial charge is 0.194 e. The first-order chi connectivity index (χ1) is 11.8. The Morgan fingerprint density at radius 1 is 0.833 bits per heavy atom. The standard InChI is InChI=1S/C21H18N2O/c24-21(17-7-2-1-3-8-17)18-10-11-20(22-14-18)23-13-12-16-6-4-5-9-19(16)15-23/h1-11,14H,12-13,15H2. The van der Waals surface area contributed by atoms with Gasteiger partial charge in [0.25, 0.3) is 0 Å². The van der Waals surface area contributed by atoms with Gasteiger partial charge in [-0.25, -0.2) is 4.98 Å². The first kappa shape index (κ1) is 14.6. The van der Waals surface area contributed by atoms with E-state index in [0.717, 1.165) is 25.3 Å². The molecule has 0 amide bonds. The molecule has 0 bridgehead atoms. The van der Waals surface area contributed by atoms with Crippen molar-refractivity contribution in [2.75, 3.05) is 11.4 Å². The van der Waals surface area contributed by atoms with E-state index in [1.54, 1.807) is 6.20 Å². The summed E-state index contributed by atoms with van der Waals surface area (Å²) in [5.41, 5.74) is 4.10. The van der Waals surface area contributed by atoms with Crippen LogP contribution in [0.3, 0.4) is 0 Å². The molecule has 118 valence electrons. The first-order valence-electron chi connectivity index (χ1n) is 8.19. The Balaban J connectivity index is 1.54. The molecule has 0 saturated heterocycles. The molecule has 3 heteroatoms. The lowest BCUT2D eigenvalue weighted by molar-refractivity contribution is 0.103. The van der Waals surface area contributed by atoms with Crippen molar-refractivity contribution in [3.63, 3.8) is 0 Å². The first-order valence-corrected chi connectivity index (χ1v) is 8.19. The fourth-order valence-corrected chi connectivity index (χ4v) is 3.15. The van der Waals surface area contributed by atoms with Gasteiger partial charge in [-0.2, -0.15) is 0 Å². The number of aromatic nitrogens is 1. The van der Waals surface area contributed by atoms with Crippen molar-refractivity contribution in [1.29, 1.82) is 0 Å². The van der Waals surface area contributed by atoms with Crippen molar-refractivity contribution in [1.82, 2.24) is 4.98 Å². The topological polar surface area (TPSA) is 33.2 Å². The van der Waals surface area contributed by atoms with Crippen LogP contribution in [0.15, 0.2) is 72.9 Å². The lowest BCUT2D eigenvalue weighted by Crippen LogP contribution is -2.30. The van der Waals surface area contributed by atoms with E-state index in [9.17, 15) is 4.79 Å². The van der Waals surface area contributed by atoms with E-state index < -0.39 is 0 Å². The molecule has 0 radical (unpaired) electrons. The molecule has 0 saturated carbocycles. The van der Waals surface area contributed by atoms with Crippen LogP contribution in [0.4, 0.5) is 5.82 Å². The molecule has 4 rings (SSSR count). The second kappa shape index (κ2) is 6.28. The highest BCUT2D eigenvalue weighted by Crippen LogP contribution is 2.23. The summed E-state index contributed by atoms with van der Waals surface area (Å²) < 4.78 is 0. The minimum absolute atomic E-state index is 0.0126. The fraction of sp³-hybridized carbons (Fsp3) is 0.143. The predicted molar refractivity (Wildman–Crippen MR) is 95.3 cm³/mol. The number of carbonyl (C=O) groups excluding carboxylic acids is 1. The molecule has 0 spiro atoms. The Hall–Kier alpha value is -2.94. The number of hydrogen-bond donors (Lipinski definition) is 0. The number of rotatable bonds is 3. The van der Waals surface area contributed by atoms with Gasteiger partial charge in [0.2, 0.25) is 0 Å². The van der Waals surface area contributed by atoms with Gasteiger partial charge >= 0.3 is 0 Å². The SMILES string of the molecule is O=C(c1ccccc1)c1ccc(N2CCc3ccccc3C2)nc1. The minimum atomic E-state index is 0.0126. The second-order valence-electron chi connectivity index (χ2n) is 6.04. The summed E-state index contributed by atoms with van der Waals surface area (Å²) >= 11 is 0. The summed E-state index contributed by atoms with van der Waals surface area (Å²) in [4.78, 5) is 19.2. The van der Waals surface area contributed by atoms with Gasteiger partial charge in [-0.15, -0.1) is 0 Å². The van der Waals surface area contributed by atoms with E-state index in [1.165, 1.54) is 11.1 Å². The molecule has 0 atom stereocenters. The zero-order valence-electron chi connectivity index (χ0n) is 13.4. The molecule has 1 aliphatic heterocycles. The van der Waals surface area contributed by atoms with Gasteiger partial charge in [0.1, 0.15) is 5.82 Å². The average molecular weight is 314 g/mol. The maximum Gasteiger partial charge on any atom is 0.194 e. The van der Waals surface area contributed by atoms with Gasteiger partial charge in [-0.3, -0.25) is 4.79 Å². The Kier molecular flexibility index (Phi) is 3.83. The molecule has 0 unspecified atom stereocenters. The van der Waals surface area contributed by atoms with Gasteiger partial charge < -0.3 is 4.90 Å². The third kappa shape index (κ3) is 2.81. The Labute approximate surface area is 141 Å². The van der Waals surface area contributed by atoms with E-state index in [1.807, 2.05) is 42.5 Å². The van der Waals surface area contributed by atoms with Crippen LogP contribution < -0.4 is 4.90 Å². The van der Waals surface area contributed by atoms with Crippen molar-refractivity contribution in [2.45, 2.75) is 13.0 Å². The van der Waals surface area contributed by atoms with Crippen LogP contribution in [0.1, 0.15) is 27.0 Å². The van der Waals surface area contributed by atoms with E-state index in [-0.39, 0.29) is 5.78 Å². The van der Waals surface area contributed by atoms with Gasteiger partial charge in [0, 0.05) is 30.4 Å². The van der Waals surface area contributed by atoms with E-state index >= 15 is 0 Å². The van der Waals surface area contributed by atoms with Crippen molar-refractivity contribution in [3.05, 3.63) is 95.2 Å². The minimum Gasteiger partial charge on any atom is -0.352 e. The zero-order chi connectivity index (χ0) is 16.4. The number of fused-ring (bicyclic) bond motifs is 1. The highest BCUT2D eigenvalue weighted by Gasteiger charge is 2.17. The number of nitrogens with zero attached hydrogens (tertiary/aromatic N) is 2. The second-order valence-corrected chi connectivity index (χ2v) is 6.04. The highest BCUT2D eigenvalue weighted by atomic mass is 16.1. The normalized spacial score (nSPS) is 13.4. The summed E-state index contributed by atoms with van der Waals surface area (Å²) in [6.07, 6.45) is 2.72. The van der Waals surface area contributed by atoms with E-state index in [0.29, 0.717) is 11.1 Å². The number of ketones is 1. The molecule has 3 aromatic rings. The van der Waals surface area contributed by atoms with E-state index in [2.05, 4.69) is 34.1 Å². The Bertz CT molecular complexity index is 857. The van der Waals surface area contributed by atoms with Crippen LogP contribution in [0.25, 0.3) is 0 Å². The molecule has 24 heavy (non-hydrogen) atoms. The van der Waals surface area contributed by atoms with Crippen molar-refractivity contribution in [3.8, 4) is 0 Å². The zero-order valence-corrected chi connectivity index (χ0v) is 13.4. The quantitative estimate of drug-likeness (QED) is 0.688. The number of carbonyl (C=O) groups is 1. The van der Waals surface area contributed by atoms with Crippen molar-refractivity contribution in [2.24, 2.45) is 0 Å². The highest BCUT2D eigenvalue weighted by molar-refractivity contribution is 6.08. The molecular formula is C21H18N2O. The monoisotopic (exact) mass is 314 g/mol. The van der Waals surface area contributed by atoms with Crippen LogP contribution in [0.2, 0.25) is 0 Å². The number of benzene rings is 2. The molecule has 0 N–H and O–H groups in total. The maximum atomic E-state index is 12.4. The van der Waals surface area contributed by atoms with E-state index in [4.69, 9.17) is 0 Å². The molecule has 1 aromatic heterocycles. The summed E-state index contributed by atoms with van der Waals surface area (Å²) in [6, 6.07) is 21.7. The molecule has 3 nitrogen and oxygen atoms in total. The third-order valence-electron chi connectivity index (χ3n) is 4.50. The van der Waals surface area contributed by atoms with Crippen LogP contribution in [-0.2, 0) is 13.0 Å². The molecule has 2 heterocycles. The summed E-state index contributed by atoms with van der Waals surface area (Å²) in [6.45, 7) is 1.82. The number of hydrogen-bond acceptors (Lipinski definition) is 3.